The van der Waals surface area contributed by atoms with Crippen LogP contribution in [0.5, 0.6) is 5.75 Å². The van der Waals surface area contributed by atoms with Crippen LogP contribution in [0.3, 0.4) is 0 Å². The minimum atomic E-state index is -0.309. The summed E-state index contributed by atoms with van der Waals surface area (Å²) < 4.78 is 24.1. The first-order valence-corrected chi connectivity index (χ1v) is 8.14. The highest BCUT2D eigenvalue weighted by atomic mass is 19.1. The van der Waals surface area contributed by atoms with Gasteiger partial charge in [0.25, 0.3) is 0 Å². The summed E-state index contributed by atoms with van der Waals surface area (Å²) in [5.41, 5.74) is 0. The van der Waals surface area contributed by atoms with Gasteiger partial charge in [0.2, 0.25) is 0 Å². The molecular weight excluding hydrogens is 309 g/mol. The molecular formula is C18H24FN3O2. The maximum Gasteiger partial charge on any atom is 0.191 e. The third-order valence-corrected chi connectivity index (χ3v) is 3.23. The lowest BCUT2D eigenvalue weighted by Crippen LogP contribution is -2.39. The van der Waals surface area contributed by atoms with Crippen LogP contribution in [-0.2, 0) is 6.42 Å². The summed E-state index contributed by atoms with van der Waals surface area (Å²) in [6.45, 7) is 5.87. The average molecular weight is 333 g/mol. The Kier molecular flexibility index (Phi) is 7.14. The van der Waals surface area contributed by atoms with E-state index in [4.69, 9.17) is 9.15 Å². The van der Waals surface area contributed by atoms with Crippen LogP contribution >= 0.6 is 0 Å². The molecule has 130 valence electrons. The maximum atomic E-state index is 13.2. The summed E-state index contributed by atoms with van der Waals surface area (Å²) in [6, 6.07) is 9.94. The van der Waals surface area contributed by atoms with Crippen molar-refractivity contribution in [2.75, 3.05) is 19.6 Å². The van der Waals surface area contributed by atoms with E-state index in [2.05, 4.69) is 15.6 Å². The predicted octanol–water partition coefficient (Wildman–Crippen LogP) is 2.98. The van der Waals surface area contributed by atoms with Crippen molar-refractivity contribution in [2.24, 2.45) is 4.99 Å². The molecule has 2 N–H and O–H groups in total. The van der Waals surface area contributed by atoms with Crippen molar-refractivity contribution in [2.45, 2.75) is 26.4 Å². The third-order valence-electron chi connectivity index (χ3n) is 3.23. The van der Waals surface area contributed by atoms with E-state index in [0.29, 0.717) is 12.3 Å². The lowest BCUT2D eigenvalue weighted by molar-refractivity contribution is 0.229. The van der Waals surface area contributed by atoms with Gasteiger partial charge in [-0.1, -0.05) is 6.07 Å². The van der Waals surface area contributed by atoms with E-state index in [9.17, 15) is 4.39 Å². The number of nitrogens with one attached hydrogen (secondary N) is 2. The number of aliphatic imine (C=N–C) groups is 1. The van der Waals surface area contributed by atoms with Gasteiger partial charge < -0.3 is 19.8 Å². The second-order valence-electron chi connectivity index (χ2n) is 5.36. The summed E-state index contributed by atoms with van der Waals surface area (Å²) >= 11 is 0. The lowest BCUT2D eigenvalue weighted by Gasteiger charge is -2.15. The lowest BCUT2D eigenvalue weighted by atomic mass is 10.3. The molecule has 0 saturated carbocycles. The highest BCUT2D eigenvalue weighted by Gasteiger charge is 2.05. The molecule has 0 spiro atoms. The molecule has 2 rings (SSSR count). The molecule has 1 atom stereocenters. The Morgan fingerprint density at radius 2 is 2.17 bits per heavy atom. The quantitative estimate of drug-likeness (QED) is 0.576. The summed E-state index contributed by atoms with van der Waals surface area (Å²) in [7, 11) is 0. The Bertz CT molecular complexity index is 629. The van der Waals surface area contributed by atoms with Crippen molar-refractivity contribution in [3.8, 4) is 5.75 Å². The number of benzene rings is 1. The number of rotatable bonds is 8. The topological polar surface area (TPSA) is 58.8 Å². The van der Waals surface area contributed by atoms with Crippen LogP contribution in [-0.4, -0.2) is 31.7 Å². The minimum absolute atomic E-state index is 0.160. The molecule has 1 heterocycles. The van der Waals surface area contributed by atoms with Crippen molar-refractivity contribution < 1.29 is 13.5 Å². The molecule has 0 aliphatic heterocycles. The fourth-order valence-corrected chi connectivity index (χ4v) is 2.13. The van der Waals surface area contributed by atoms with Gasteiger partial charge in [0.1, 0.15) is 23.4 Å². The summed E-state index contributed by atoms with van der Waals surface area (Å²) in [5.74, 6) is 1.85. The van der Waals surface area contributed by atoms with Crippen molar-refractivity contribution in [3.05, 3.63) is 54.2 Å². The van der Waals surface area contributed by atoms with Gasteiger partial charge in [0, 0.05) is 25.6 Å². The van der Waals surface area contributed by atoms with E-state index in [1.54, 1.807) is 18.4 Å². The van der Waals surface area contributed by atoms with Crippen LogP contribution < -0.4 is 15.4 Å². The van der Waals surface area contributed by atoms with Gasteiger partial charge in [-0.25, -0.2) is 9.38 Å². The molecule has 0 aliphatic carbocycles. The molecule has 0 fully saturated rings. The Balaban J connectivity index is 1.80. The molecule has 1 aromatic carbocycles. The first-order valence-electron chi connectivity index (χ1n) is 8.14. The molecule has 0 amide bonds. The highest BCUT2D eigenvalue weighted by Crippen LogP contribution is 2.13. The van der Waals surface area contributed by atoms with Gasteiger partial charge in [0.05, 0.1) is 12.8 Å². The Labute approximate surface area is 141 Å². The molecule has 0 bridgehead atoms. The largest absolute Gasteiger partial charge is 0.489 e. The number of hydrogen-bond donors (Lipinski definition) is 2. The molecule has 1 unspecified atom stereocenters. The maximum absolute atomic E-state index is 13.2. The zero-order valence-electron chi connectivity index (χ0n) is 14.1. The van der Waals surface area contributed by atoms with E-state index < -0.39 is 0 Å². The summed E-state index contributed by atoms with van der Waals surface area (Å²) in [4.78, 5) is 4.50. The second kappa shape index (κ2) is 9.60. The molecule has 2 aromatic rings. The van der Waals surface area contributed by atoms with Crippen LogP contribution in [0.2, 0.25) is 0 Å². The number of guanidine groups is 1. The summed E-state index contributed by atoms with van der Waals surface area (Å²) in [5, 5.41) is 6.43. The van der Waals surface area contributed by atoms with Crippen LogP contribution in [0.15, 0.2) is 52.1 Å². The molecule has 24 heavy (non-hydrogen) atoms. The van der Waals surface area contributed by atoms with Crippen LogP contribution in [0.25, 0.3) is 0 Å². The smallest absolute Gasteiger partial charge is 0.191 e. The van der Waals surface area contributed by atoms with Gasteiger partial charge in [-0.15, -0.1) is 0 Å². The SMILES string of the molecule is CCNC(=NCC(C)Oc1cccc(F)c1)NCCc1ccco1. The van der Waals surface area contributed by atoms with Gasteiger partial charge >= 0.3 is 0 Å². The van der Waals surface area contributed by atoms with E-state index in [0.717, 1.165) is 31.2 Å². The highest BCUT2D eigenvalue weighted by molar-refractivity contribution is 5.79. The first kappa shape index (κ1) is 17.8. The Morgan fingerprint density at radius 3 is 2.88 bits per heavy atom. The van der Waals surface area contributed by atoms with Crippen LogP contribution in [0.4, 0.5) is 4.39 Å². The van der Waals surface area contributed by atoms with E-state index in [-0.39, 0.29) is 11.9 Å². The van der Waals surface area contributed by atoms with Crippen LogP contribution in [0, 0.1) is 5.82 Å². The molecule has 6 heteroatoms. The zero-order valence-corrected chi connectivity index (χ0v) is 14.1. The van der Waals surface area contributed by atoms with Crippen molar-refractivity contribution in [1.82, 2.24) is 10.6 Å². The normalized spacial score (nSPS) is 12.7. The molecule has 0 aliphatic rings. The van der Waals surface area contributed by atoms with Crippen LogP contribution in [0.1, 0.15) is 19.6 Å². The Morgan fingerprint density at radius 1 is 1.29 bits per heavy atom. The van der Waals surface area contributed by atoms with E-state index in [1.165, 1.54) is 12.1 Å². The molecule has 1 aromatic heterocycles. The number of nitrogens with zero attached hydrogens (tertiary/aromatic N) is 1. The monoisotopic (exact) mass is 333 g/mol. The van der Waals surface area contributed by atoms with Crippen molar-refractivity contribution >= 4 is 5.96 Å². The standard InChI is InChI=1S/C18H24FN3O2/c1-3-20-18(21-10-9-16-8-5-11-23-16)22-13-14(2)24-17-7-4-6-15(19)12-17/h4-8,11-12,14H,3,9-10,13H2,1-2H3,(H2,20,21,22). The molecule has 0 saturated heterocycles. The fraction of sp³-hybridized carbons (Fsp3) is 0.389. The average Bonchev–Trinajstić information content (AvgIpc) is 3.06. The predicted molar refractivity (Wildman–Crippen MR) is 92.9 cm³/mol. The fourth-order valence-electron chi connectivity index (χ4n) is 2.13. The first-order chi connectivity index (χ1) is 11.7. The minimum Gasteiger partial charge on any atom is -0.489 e. The number of hydrogen-bond acceptors (Lipinski definition) is 3. The van der Waals surface area contributed by atoms with Crippen molar-refractivity contribution in [1.29, 1.82) is 0 Å². The van der Waals surface area contributed by atoms with Gasteiger partial charge in [0.15, 0.2) is 5.96 Å². The molecule has 5 nitrogen and oxygen atoms in total. The van der Waals surface area contributed by atoms with E-state index >= 15 is 0 Å². The van der Waals surface area contributed by atoms with Gasteiger partial charge in [-0.2, -0.15) is 0 Å². The third kappa shape index (κ3) is 6.32. The van der Waals surface area contributed by atoms with Crippen molar-refractivity contribution in [3.63, 3.8) is 0 Å². The zero-order chi connectivity index (χ0) is 17.2. The number of ether oxygens (including phenoxy) is 1. The van der Waals surface area contributed by atoms with Gasteiger partial charge in [-0.3, -0.25) is 0 Å². The van der Waals surface area contributed by atoms with Gasteiger partial charge in [-0.05, 0) is 38.1 Å². The number of furan rings is 1. The second-order valence-corrected chi connectivity index (χ2v) is 5.36. The number of halogens is 1. The summed E-state index contributed by atoms with van der Waals surface area (Å²) in [6.07, 6.45) is 2.29. The Hall–Kier alpha value is -2.50. The molecule has 0 radical (unpaired) electrons. The van der Waals surface area contributed by atoms with E-state index in [1.807, 2.05) is 26.0 Å².